The molecule has 0 spiro atoms. The third-order valence-corrected chi connectivity index (χ3v) is 5.02. The lowest BCUT2D eigenvalue weighted by atomic mass is 9.93. The number of H-pyrrole nitrogens is 1. The molecule has 1 fully saturated rings. The first kappa shape index (κ1) is 12.9. The Hall–Kier alpha value is -1.16. The molecule has 1 aliphatic rings. The minimum Gasteiger partial charge on any atom is -0.330 e. The van der Waals surface area contributed by atoms with Gasteiger partial charge in [0.15, 0.2) is 4.77 Å². The Labute approximate surface area is 117 Å². The summed E-state index contributed by atoms with van der Waals surface area (Å²) in [4.78, 5) is 3.14. The van der Waals surface area contributed by atoms with Crippen LogP contribution in [0, 0.1) is 22.4 Å². The zero-order valence-corrected chi connectivity index (χ0v) is 12.1. The van der Waals surface area contributed by atoms with Crippen LogP contribution in [0.25, 0.3) is 11.0 Å². The van der Waals surface area contributed by atoms with E-state index in [1.807, 2.05) is 6.07 Å². The average Bonchev–Trinajstić information content (AvgIpc) is 2.88. The molecule has 1 aromatic heterocycles. The molecule has 0 radical (unpaired) electrons. The molecule has 0 bridgehead atoms. The summed E-state index contributed by atoms with van der Waals surface area (Å²) in [5.41, 5.74) is 1.83. The number of nitrogens with one attached hydrogen (secondary N) is 1. The molecule has 4 heteroatoms. The van der Waals surface area contributed by atoms with Gasteiger partial charge in [0.1, 0.15) is 5.82 Å². The lowest BCUT2D eigenvalue weighted by Crippen LogP contribution is -2.15. The number of aromatic nitrogens is 2. The van der Waals surface area contributed by atoms with Gasteiger partial charge in [0, 0.05) is 6.04 Å². The highest BCUT2D eigenvalue weighted by atomic mass is 32.1. The van der Waals surface area contributed by atoms with Gasteiger partial charge in [-0.05, 0) is 55.1 Å². The molecule has 2 nitrogen and oxygen atoms in total. The Morgan fingerprint density at radius 3 is 2.89 bits per heavy atom. The molecule has 3 rings (SSSR count). The summed E-state index contributed by atoms with van der Waals surface area (Å²) in [6, 6.07) is 5.32. The number of rotatable bonds is 2. The van der Waals surface area contributed by atoms with Gasteiger partial charge in [0.05, 0.1) is 11.0 Å². The van der Waals surface area contributed by atoms with E-state index in [9.17, 15) is 4.39 Å². The average molecular weight is 278 g/mol. The molecule has 3 unspecified atom stereocenters. The summed E-state index contributed by atoms with van der Waals surface area (Å²) in [5.74, 6) is 1.18. The van der Waals surface area contributed by atoms with Gasteiger partial charge in [0.2, 0.25) is 0 Å². The number of nitrogens with zero attached hydrogens (tertiary/aromatic N) is 1. The highest BCUT2D eigenvalue weighted by molar-refractivity contribution is 7.71. The van der Waals surface area contributed by atoms with E-state index >= 15 is 0 Å². The second-order valence-electron chi connectivity index (χ2n) is 5.63. The van der Waals surface area contributed by atoms with Crippen molar-refractivity contribution in [3.05, 3.63) is 28.8 Å². The monoisotopic (exact) mass is 278 g/mol. The van der Waals surface area contributed by atoms with Crippen molar-refractivity contribution in [3.8, 4) is 0 Å². The third-order valence-electron chi connectivity index (χ3n) is 4.72. The van der Waals surface area contributed by atoms with Crippen molar-refractivity contribution in [1.82, 2.24) is 9.55 Å². The highest BCUT2D eigenvalue weighted by Crippen LogP contribution is 2.43. The summed E-state index contributed by atoms with van der Waals surface area (Å²) in [5, 5.41) is 0. The fourth-order valence-electron chi connectivity index (χ4n) is 3.60. The van der Waals surface area contributed by atoms with Crippen LogP contribution in [0.15, 0.2) is 18.2 Å². The van der Waals surface area contributed by atoms with Crippen molar-refractivity contribution in [3.63, 3.8) is 0 Å². The number of halogens is 1. The molecule has 0 saturated heterocycles. The largest absolute Gasteiger partial charge is 0.330 e. The number of fused-ring (bicyclic) bond motifs is 1. The fourth-order valence-corrected chi connectivity index (χ4v) is 3.94. The fraction of sp³-hybridized carbons (Fsp3) is 0.533. The smallest absolute Gasteiger partial charge is 0.178 e. The Balaban J connectivity index is 2.11. The number of benzene rings is 1. The standard InChI is InChI=1S/C15H19FN2S/c1-3-10-4-6-13(9(10)2)18-14-7-5-11(16)8-12(14)17-15(18)19/h5,7-10,13H,3-4,6H2,1-2H3,(H,17,19). The molecule has 0 amide bonds. The normalized spacial score (nSPS) is 27.2. The van der Waals surface area contributed by atoms with Crippen molar-refractivity contribution < 1.29 is 4.39 Å². The first-order valence-corrected chi connectivity index (χ1v) is 7.42. The number of imidazole rings is 1. The quantitative estimate of drug-likeness (QED) is 0.780. The molecule has 1 N–H and O–H groups in total. The molecule has 1 saturated carbocycles. The highest BCUT2D eigenvalue weighted by Gasteiger charge is 2.33. The number of hydrogen-bond acceptors (Lipinski definition) is 1. The van der Waals surface area contributed by atoms with Crippen molar-refractivity contribution in [2.45, 2.75) is 39.2 Å². The summed E-state index contributed by atoms with van der Waals surface area (Å²) >= 11 is 5.45. The minimum atomic E-state index is -0.221. The Morgan fingerprint density at radius 2 is 2.21 bits per heavy atom. The summed E-state index contributed by atoms with van der Waals surface area (Å²) < 4.78 is 16.2. The van der Waals surface area contributed by atoms with E-state index in [-0.39, 0.29) is 5.82 Å². The molecule has 1 aliphatic carbocycles. The van der Waals surface area contributed by atoms with Crippen LogP contribution in [0.5, 0.6) is 0 Å². The van der Waals surface area contributed by atoms with Gasteiger partial charge in [-0.2, -0.15) is 0 Å². The molecule has 102 valence electrons. The van der Waals surface area contributed by atoms with Crippen LogP contribution in [-0.2, 0) is 0 Å². The minimum absolute atomic E-state index is 0.221. The van der Waals surface area contributed by atoms with Crippen LogP contribution < -0.4 is 0 Å². The second kappa shape index (κ2) is 4.75. The number of hydrogen-bond donors (Lipinski definition) is 1. The van der Waals surface area contributed by atoms with Crippen LogP contribution in [0.2, 0.25) is 0 Å². The van der Waals surface area contributed by atoms with Crippen LogP contribution in [-0.4, -0.2) is 9.55 Å². The van der Waals surface area contributed by atoms with Gasteiger partial charge in [-0.25, -0.2) is 4.39 Å². The lowest BCUT2D eigenvalue weighted by molar-refractivity contribution is 0.332. The molecular weight excluding hydrogens is 259 g/mol. The number of aromatic amines is 1. The van der Waals surface area contributed by atoms with Crippen molar-refractivity contribution in [2.75, 3.05) is 0 Å². The van der Waals surface area contributed by atoms with Gasteiger partial charge >= 0.3 is 0 Å². The zero-order chi connectivity index (χ0) is 13.6. The van der Waals surface area contributed by atoms with Crippen molar-refractivity contribution in [2.24, 2.45) is 11.8 Å². The topological polar surface area (TPSA) is 20.7 Å². The Morgan fingerprint density at radius 1 is 1.42 bits per heavy atom. The maximum Gasteiger partial charge on any atom is 0.178 e. The van der Waals surface area contributed by atoms with E-state index in [1.165, 1.54) is 25.0 Å². The van der Waals surface area contributed by atoms with Crippen LogP contribution >= 0.6 is 12.2 Å². The Kier molecular flexibility index (Phi) is 3.21. The van der Waals surface area contributed by atoms with Crippen molar-refractivity contribution in [1.29, 1.82) is 0 Å². The molecular formula is C15H19FN2S. The van der Waals surface area contributed by atoms with E-state index in [0.717, 1.165) is 23.4 Å². The molecule has 2 aromatic rings. The maximum absolute atomic E-state index is 13.3. The van der Waals surface area contributed by atoms with E-state index in [1.54, 1.807) is 0 Å². The SMILES string of the molecule is CCC1CCC(n2c(=S)[nH]c3cc(F)ccc32)C1C. The van der Waals surface area contributed by atoms with Crippen LogP contribution in [0.1, 0.15) is 39.2 Å². The first-order valence-electron chi connectivity index (χ1n) is 7.01. The van der Waals surface area contributed by atoms with Gasteiger partial charge in [-0.1, -0.05) is 20.3 Å². The molecule has 3 atom stereocenters. The molecule has 19 heavy (non-hydrogen) atoms. The maximum atomic E-state index is 13.3. The molecule has 0 aliphatic heterocycles. The van der Waals surface area contributed by atoms with Gasteiger partial charge < -0.3 is 9.55 Å². The predicted molar refractivity (Wildman–Crippen MR) is 78.3 cm³/mol. The van der Waals surface area contributed by atoms with Crippen molar-refractivity contribution >= 4 is 23.3 Å². The van der Waals surface area contributed by atoms with Gasteiger partial charge in [0.25, 0.3) is 0 Å². The van der Waals surface area contributed by atoms with E-state index in [2.05, 4.69) is 23.4 Å². The van der Waals surface area contributed by atoms with E-state index in [0.29, 0.717) is 16.7 Å². The lowest BCUT2D eigenvalue weighted by Gasteiger charge is -2.21. The van der Waals surface area contributed by atoms with Crippen LogP contribution in [0.3, 0.4) is 0 Å². The summed E-state index contributed by atoms with van der Waals surface area (Å²) in [6.45, 7) is 4.57. The first-order chi connectivity index (χ1) is 9.11. The van der Waals surface area contributed by atoms with Crippen LogP contribution in [0.4, 0.5) is 4.39 Å². The molecule has 1 aromatic carbocycles. The zero-order valence-electron chi connectivity index (χ0n) is 11.3. The summed E-state index contributed by atoms with van der Waals surface area (Å²) in [7, 11) is 0. The summed E-state index contributed by atoms with van der Waals surface area (Å²) in [6.07, 6.45) is 3.65. The van der Waals surface area contributed by atoms with E-state index in [4.69, 9.17) is 12.2 Å². The van der Waals surface area contributed by atoms with Gasteiger partial charge in [-0.3, -0.25) is 0 Å². The van der Waals surface area contributed by atoms with E-state index < -0.39 is 0 Å². The second-order valence-corrected chi connectivity index (χ2v) is 6.02. The third kappa shape index (κ3) is 2.02. The molecule has 1 heterocycles. The van der Waals surface area contributed by atoms with Gasteiger partial charge in [-0.15, -0.1) is 0 Å². The Bertz CT molecular complexity index is 658. The predicted octanol–water partition coefficient (Wildman–Crippen LogP) is 4.84.